The molecule has 73 heavy (non-hydrogen) atoms. The van der Waals surface area contributed by atoms with Crippen LogP contribution in [0, 0.1) is 26.6 Å². The number of carbonyl (C=O) groups excluding carboxylic acids is 2. The van der Waals surface area contributed by atoms with Gasteiger partial charge in [-0.1, -0.05) is 30.2 Å². The SMILES string of the molecule is Cc1ccc(S(=O)(=O)NC(=O)Nc2ccc(-n3c(C)nc4cc(NCCCN5CCCCC5)ccc4c3=O)cc2)s1.Cc1nc2ccccc2c(=O)n1-c1ccc(NC(=O)NS(=O)(=O)c2ccc(Cl)s2)cc1F. The molecule has 1 aliphatic rings. The summed E-state index contributed by atoms with van der Waals surface area (Å²) in [5, 5.41) is 9.06. The number of aromatic nitrogens is 4. The third-order valence-corrected chi connectivity index (χ3v) is 17.4. The van der Waals surface area contributed by atoms with Crippen molar-refractivity contribution in [2.45, 2.75) is 54.9 Å². The number of aryl methyl sites for hydroxylation is 3. The third kappa shape index (κ3) is 12.6. The van der Waals surface area contributed by atoms with E-state index in [4.69, 9.17) is 11.6 Å². The maximum Gasteiger partial charge on any atom is 0.333 e. The second-order valence-corrected chi connectivity index (χ2v) is 23.6. The Hall–Kier alpha value is -7.02. The van der Waals surface area contributed by atoms with Crippen LogP contribution in [-0.4, -0.2) is 79.1 Å². The summed E-state index contributed by atoms with van der Waals surface area (Å²) in [5.74, 6) is 0.00488. The molecule has 0 aliphatic carbocycles. The van der Waals surface area contributed by atoms with Crippen molar-refractivity contribution in [3.8, 4) is 11.4 Å². The van der Waals surface area contributed by atoms with Crippen molar-refractivity contribution in [3.05, 3.63) is 157 Å². The number of anilines is 3. The number of benzene rings is 4. The van der Waals surface area contributed by atoms with Crippen molar-refractivity contribution in [1.82, 2.24) is 33.4 Å². The molecular formula is C49H48ClFN10O8S4. The second-order valence-electron chi connectivity index (χ2n) is 16.8. The molecule has 1 fully saturated rings. The van der Waals surface area contributed by atoms with Crippen molar-refractivity contribution >= 4 is 105 Å². The number of hydrogen-bond donors (Lipinski definition) is 5. The number of hydrogen-bond acceptors (Lipinski definition) is 14. The molecule has 0 saturated carbocycles. The molecule has 0 spiro atoms. The molecule has 9 rings (SSSR count). The first kappa shape index (κ1) is 52.3. The molecule has 4 aromatic heterocycles. The molecule has 5 heterocycles. The summed E-state index contributed by atoms with van der Waals surface area (Å²) in [4.78, 5) is 63.1. The molecule has 4 aromatic carbocycles. The fourth-order valence-electron chi connectivity index (χ4n) is 8.07. The Labute approximate surface area is 432 Å². The third-order valence-electron chi connectivity index (χ3n) is 11.5. The lowest BCUT2D eigenvalue weighted by Gasteiger charge is -2.26. The summed E-state index contributed by atoms with van der Waals surface area (Å²) in [6.07, 6.45) is 4.98. The van der Waals surface area contributed by atoms with Crippen molar-refractivity contribution in [3.63, 3.8) is 0 Å². The monoisotopic (exact) mass is 1090 g/mol. The van der Waals surface area contributed by atoms with Gasteiger partial charge in [0.2, 0.25) is 0 Å². The van der Waals surface area contributed by atoms with Gasteiger partial charge >= 0.3 is 12.1 Å². The topological polar surface area (TPSA) is 236 Å². The van der Waals surface area contributed by atoms with Gasteiger partial charge in [-0.2, -0.15) is 0 Å². The molecule has 24 heteroatoms. The van der Waals surface area contributed by atoms with E-state index in [-0.39, 0.29) is 35.5 Å². The number of nitrogens with zero attached hydrogens (tertiary/aromatic N) is 5. The molecular weight excluding hydrogens is 1040 g/mol. The number of amides is 4. The van der Waals surface area contributed by atoms with Crippen molar-refractivity contribution in [2.75, 3.05) is 42.1 Å². The van der Waals surface area contributed by atoms with Gasteiger partial charge in [-0.15, -0.1) is 22.7 Å². The molecule has 4 amide bonds. The van der Waals surface area contributed by atoms with Crippen LogP contribution in [0.3, 0.4) is 0 Å². The summed E-state index contributed by atoms with van der Waals surface area (Å²) in [6.45, 7) is 9.48. The lowest BCUT2D eigenvalue weighted by atomic mass is 10.1. The zero-order valence-corrected chi connectivity index (χ0v) is 43.5. The van der Waals surface area contributed by atoms with Crippen LogP contribution in [0.4, 0.5) is 31.0 Å². The Bertz CT molecular complexity index is 3730. The quantitative estimate of drug-likeness (QED) is 0.0681. The van der Waals surface area contributed by atoms with E-state index < -0.39 is 43.5 Å². The standard InChI is InChI=1S/C29H34N6O4S2.C20H14ClFN4O4S2/c1-20-7-14-27(40-20)41(38,39)33-29(37)32-22-8-11-24(12-9-22)35-21(2)31-26-19-23(10-13-25(26)28(35)36)30-15-6-18-34-16-4-3-5-17-34;1-11-23-15-5-3-2-4-13(15)19(27)26(11)16-7-6-12(10-14(16)22)24-20(28)25-32(29,30)18-9-8-17(21)31-18/h7-14,19,30H,3-6,15-18H2,1-2H3,(H2,32,33,37);2-10H,1H3,(H2,24,25,28). The highest BCUT2D eigenvalue weighted by Gasteiger charge is 2.22. The van der Waals surface area contributed by atoms with E-state index in [0.29, 0.717) is 39.0 Å². The molecule has 1 saturated heterocycles. The summed E-state index contributed by atoms with van der Waals surface area (Å²) in [5.41, 5.74) is 2.31. The van der Waals surface area contributed by atoms with E-state index in [0.717, 1.165) is 63.4 Å². The van der Waals surface area contributed by atoms with Crippen LogP contribution in [0.25, 0.3) is 33.2 Å². The van der Waals surface area contributed by atoms with Crippen LogP contribution in [-0.2, 0) is 20.0 Å². The predicted molar refractivity (Wildman–Crippen MR) is 285 cm³/mol. The number of piperidine rings is 1. The highest BCUT2D eigenvalue weighted by molar-refractivity contribution is 7.92. The summed E-state index contributed by atoms with van der Waals surface area (Å²) < 4.78 is 70.7. The van der Waals surface area contributed by atoms with E-state index in [2.05, 4.69) is 30.8 Å². The van der Waals surface area contributed by atoms with Crippen LogP contribution in [0.15, 0.2) is 127 Å². The van der Waals surface area contributed by atoms with E-state index in [1.54, 1.807) is 81.4 Å². The minimum atomic E-state index is -4.13. The summed E-state index contributed by atoms with van der Waals surface area (Å²) >= 11 is 7.59. The van der Waals surface area contributed by atoms with Gasteiger partial charge in [-0.3, -0.25) is 18.7 Å². The van der Waals surface area contributed by atoms with Gasteiger partial charge in [0.05, 0.1) is 37.5 Å². The lowest BCUT2D eigenvalue weighted by molar-refractivity contribution is 0.228. The molecule has 0 unspecified atom stereocenters. The van der Waals surface area contributed by atoms with Crippen LogP contribution in [0.5, 0.6) is 0 Å². The number of sulfonamides is 2. The molecule has 5 N–H and O–H groups in total. The summed E-state index contributed by atoms with van der Waals surface area (Å²) in [7, 11) is -8.09. The number of urea groups is 2. The number of fused-ring (bicyclic) bond motifs is 2. The number of nitrogens with one attached hydrogen (secondary N) is 5. The minimum Gasteiger partial charge on any atom is -0.385 e. The van der Waals surface area contributed by atoms with Crippen molar-refractivity contribution in [1.29, 1.82) is 0 Å². The first-order chi connectivity index (χ1) is 34.8. The number of rotatable bonds is 13. The Morgan fingerprint density at radius 2 is 1.25 bits per heavy atom. The second kappa shape index (κ2) is 22.4. The van der Waals surface area contributed by atoms with E-state index in [9.17, 15) is 40.4 Å². The Morgan fingerprint density at radius 1 is 0.658 bits per heavy atom. The van der Waals surface area contributed by atoms with E-state index >= 15 is 0 Å². The highest BCUT2D eigenvalue weighted by Crippen LogP contribution is 2.26. The predicted octanol–water partition coefficient (Wildman–Crippen LogP) is 8.92. The number of carbonyl (C=O) groups is 2. The lowest BCUT2D eigenvalue weighted by Crippen LogP contribution is -2.34. The first-order valence-electron chi connectivity index (χ1n) is 22.7. The summed E-state index contributed by atoms with van der Waals surface area (Å²) in [6, 6.07) is 26.3. The Balaban J connectivity index is 0.000000201. The molecule has 1 aliphatic heterocycles. The highest BCUT2D eigenvalue weighted by atomic mass is 35.5. The molecule has 0 bridgehead atoms. The molecule has 0 atom stereocenters. The van der Waals surface area contributed by atoms with Crippen LogP contribution < -0.4 is 36.5 Å². The number of para-hydroxylation sites is 1. The minimum absolute atomic E-state index is 0.0115. The average molecular weight is 1090 g/mol. The first-order valence-corrected chi connectivity index (χ1v) is 27.7. The number of halogens is 2. The smallest absolute Gasteiger partial charge is 0.333 e. The van der Waals surface area contributed by atoms with Gasteiger partial charge < -0.3 is 20.9 Å². The number of thiophene rings is 2. The fourth-order valence-corrected chi connectivity index (χ4v) is 12.7. The van der Waals surface area contributed by atoms with Crippen LogP contribution in [0.2, 0.25) is 4.34 Å². The Morgan fingerprint density at radius 3 is 1.90 bits per heavy atom. The zero-order chi connectivity index (χ0) is 52.0. The van der Waals surface area contributed by atoms with Gasteiger partial charge in [0.15, 0.2) is 0 Å². The van der Waals surface area contributed by atoms with Gasteiger partial charge in [-0.25, -0.2) is 50.2 Å². The molecule has 380 valence electrons. The Kier molecular flexibility index (Phi) is 16.0. The molecule has 18 nitrogen and oxygen atoms in total. The normalized spacial score (nSPS) is 13.0. The van der Waals surface area contributed by atoms with Gasteiger partial charge in [0.1, 0.15) is 25.9 Å². The van der Waals surface area contributed by atoms with Gasteiger partial charge in [-0.05, 0) is 157 Å². The van der Waals surface area contributed by atoms with Crippen molar-refractivity contribution < 1.29 is 30.8 Å². The van der Waals surface area contributed by atoms with E-state index in [1.807, 2.05) is 21.6 Å². The zero-order valence-electron chi connectivity index (χ0n) is 39.4. The fraction of sp³-hybridized carbons (Fsp3) is 0.224. The molecule has 0 radical (unpaired) electrons. The van der Waals surface area contributed by atoms with Crippen molar-refractivity contribution in [2.24, 2.45) is 0 Å². The largest absolute Gasteiger partial charge is 0.385 e. The van der Waals surface area contributed by atoms with Gasteiger partial charge in [0.25, 0.3) is 31.2 Å². The van der Waals surface area contributed by atoms with Crippen LogP contribution >= 0.6 is 34.3 Å². The maximum atomic E-state index is 14.9. The molecule has 8 aromatic rings. The van der Waals surface area contributed by atoms with Crippen LogP contribution in [0.1, 0.15) is 42.2 Å². The maximum absolute atomic E-state index is 14.9. The average Bonchev–Trinajstić information content (AvgIpc) is 4.01. The number of likely N-dealkylation sites (tertiary alicyclic amines) is 1. The van der Waals surface area contributed by atoms with Gasteiger partial charge in [0, 0.05) is 28.5 Å². The van der Waals surface area contributed by atoms with E-state index in [1.165, 1.54) is 67.3 Å².